The van der Waals surface area contributed by atoms with E-state index >= 15 is 0 Å². The minimum absolute atomic E-state index is 0.0115. The molecule has 0 bridgehead atoms. The Hall–Kier alpha value is -1.02. The van der Waals surface area contributed by atoms with Gasteiger partial charge in [-0.3, -0.25) is 4.79 Å². The maximum atomic E-state index is 12.1. The molecule has 1 aromatic rings. The zero-order valence-corrected chi connectivity index (χ0v) is 10.7. The van der Waals surface area contributed by atoms with Crippen LogP contribution in [0, 0.1) is 5.92 Å². The summed E-state index contributed by atoms with van der Waals surface area (Å²) in [5.74, 6) is 0.705. The largest absolute Gasteiger partial charge is 0.496 e. The highest BCUT2D eigenvalue weighted by Crippen LogP contribution is 2.26. The molecule has 0 aliphatic rings. The van der Waals surface area contributed by atoms with Crippen LogP contribution >= 0.6 is 11.6 Å². The van der Waals surface area contributed by atoms with E-state index in [1.54, 1.807) is 25.3 Å². The molecule has 0 saturated heterocycles. The molecule has 1 atom stereocenters. The van der Waals surface area contributed by atoms with Crippen molar-refractivity contribution in [3.8, 4) is 5.75 Å². The summed E-state index contributed by atoms with van der Waals surface area (Å²) in [6.45, 7) is 4.01. The van der Waals surface area contributed by atoms with Gasteiger partial charge in [-0.1, -0.05) is 31.9 Å². The van der Waals surface area contributed by atoms with Gasteiger partial charge in [0.1, 0.15) is 5.75 Å². The number of carbonyl (C=O) groups is 1. The van der Waals surface area contributed by atoms with Crippen LogP contribution in [0.5, 0.6) is 5.75 Å². The van der Waals surface area contributed by atoms with Crippen LogP contribution in [0.3, 0.4) is 0 Å². The van der Waals surface area contributed by atoms with Crippen LogP contribution in [0.25, 0.3) is 0 Å². The second kappa shape index (κ2) is 5.90. The molecule has 0 aromatic heterocycles. The predicted octanol–water partition coefficient (Wildman–Crippen LogP) is 3.97. The molecule has 2 nitrogen and oxygen atoms in total. The highest BCUT2D eigenvalue weighted by Gasteiger charge is 2.18. The Labute approximate surface area is 102 Å². The van der Waals surface area contributed by atoms with E-state index in [0.717, 1.165) is 12.8 Å². The summed E-state index contributed by atoms with van der Waals surface area (Å²) in [6.07, 6.45) is 1.88. The molecule has 1 aromatic carbocycles. The summed E-state index contributed by atoms with van der Waals surface area (Å²) in [5, 5.41) is 0.563. The van der Waals surface area contributed by atoms with Gasteiger partial charge < -0.3 is 4.74 Å². The number of methoxy groups -OCH3 is 1. The van der Waals surface area contributed by atoms with Gasteiger partial charge in [-0.05, 0) is 24.6 Å². The Morgan fingerprint density at radius 2 is 2.19 bits per heavy atom. The third kappa shape index (κ3) is 2.99. The van der Waals surface area contributed by atoms with E-state index in [-0.39, 0.29) is 11.7 Å². The van der Waals surface area contributed by atoms with Gasteiger partial charge in [0.05, 0.1) is 12.7 Å². The second-order valence-electron chi connectivity index (χ2n) is 3.90. The first kappa shape index (κ1) is 13.0. The molecule has 0 aliphatic heterocycles. The van der Waals surface area contributed by atoms with E-state index in [1.165, 1.54) is 0 Å². The lowest BCUT2D eigenvalue weighted by molar-refractivity contribution is 0.0920. The highest BCUT2D eigenvalue weighted by atomic mass is 35.5. The van der Waals surface area contributed by atoms with Crippen molar-refractivity contribution in [2.75, 3.05) is 7.11 Å². The van der Waals surface area contributed by atoms with Crippen molar-refractivity contribution in [1.29, 1.82) is 0 Å². The van der Waals surface area contributed by atoms with Gasteiger partial charge in [0.15, 0.2) is 5.78 Å². The minimum atomic E-state index is 0.0115. The lowest BCUT2D eigenvalue weighted by atomic mass is 9.95. The normalized spacial score (nSPS) is 12.2. The Morgan fingerprint density at radius 3 is 2.75 bits per heavy atom. The van der Waals surface area contributed by atoms with E-state index in [4.69, 9.17) is 16.3 Å². The van der Waals surface area contributed by atoms with Gasteiger partial charge in [-0.2, -0.15) is 0 Å². The number of halogens is 1. The number of ether oxygens (including phenoxy) is 1. The average Bonchev–Trinajstić information content (AvgIpc) is 2.28. The maximum absolute atomic E-state index is 12.1. The van der Waals surface area contributed by atoms with Crippen molar-refractivity contribution in [3.63, 3.8) is 0 Å². The molecule has 3 heteroatoms. The summed E-state index contributed by atoms with van der Waals surface area (Å²) >= 11 is 5.89. The summed E-state index contributed by atoms with van der Waals surface area (Å²) in [5.41, 5.74) is 0.580. The van der Waals surface area contributed by atoms with Crippen molar-refractivity contribution in [1.82, 2.24) is 0 Å². The number of benzene rings is 1. The van der Waals surface area contributed by atoms with Crippen LogP contribution < -0.4 is 4.74 Å². The summed E-state index contributed by atoms with van der Waals surface area (Å²) in [7, 11) is 1.56. The van der Waals surface area contributed by atoms with E-state index in [0.29, 0.717) is 16.3 Å². The first-order valence-corrected chi connectivity index (χ1v) is 5.85. The first-order chi connectivity index (χ1) is 7.60. The van der Waals surface area contributed by atoms with Gasteiger partial charge in [0, 0.05) is 10.9 Å². The van der Waals surface area contributed by atoms with Crippen LogP contribution in [0.4, 0.5) is 0 Å². The molecule has 0 amide bonds. The molecule has 0 radical (unpaired) electrons. The van der Waals surface area contributed by atoms with Gasteiger partial charge in [0.25, 0.3) is 0 Å². The standard InChI is InChI=1S/C13H17ClO2/c1-4-5-9(2)13(15)11-8-10(14)6-7-12(11)16-3/h6-9H,4-5H2,1-3H3. The Morgan fingerprint density at radius 1 is 1.50 bits per heavy atom. The number of ketones is 1. The predicted molar refractivity (Wildman–Crippen MR) is 66.4 cm³/mol. The fourth-order valence-electron chi connectivity index (χ4n) is 1.70. The van der Waals surface area contributed by atoms with Crippen LogP contribution in [0.2, 0.25) is 5.02 Å². The van der Waals surface area contributed by atoms with E-state index in [1.807, 2.05) is 6.92 Å². The van der Waals surface area contributed by atoms with Crippen LogP contribution in [-0.2, 0) is 0 Å². The molecule has 1 rings (SSSR count). The number of hydrogen-bond donors (Lipinski definition) is 0. The van der Waals surface area contributed by atoms with Gasteiger partial charge in [-0.25, -0.2) is 0 Å². The zero-order valence-electron chi connectivity index (χ0n) is 9.92. The van der Waals surface area contributed by atoms with E-state index in [2.05, 4.69) is 6.92 Å². The van der Waals surface area contributed by atoms with Crippen LogP contribution in [0.1, 0.15) is 37.0 Å². The van der Waals surface area contributed by atoms with Crippen molar-refractivity contribution in [3.05, 3.63) is 28.8 Å². The third-order valence-corrected chi connectivity index (χ3v) is 2.83. The van der Waals surface area contributed by atoms with Gasteiger partial charge >= 0.3 is 0 Å². The molecular weight excluding hydrogens is 224 g/mol. The summed E-state index contributed by atoms with van der Waals surface area (Å²) < 4.78 is 5.17. The van der Waals surface area contributed by atoms with Gasteiger partial charge in [0.2, 0.25) is 0 Å². The quantitative estimate of drug-likeness (QED) is 0.728. The lowest BCUT2D eigenvalue weighted by Crippen LogP contribution is -2.12. The topological polar surface area (TPSA) is 26.3 Å². The molecule has 0 heterocycles. The smallest absolute Gasteiger partial charge is 0.169 e. The van der Waals surface area contributed by atoms with Crippen molar-refractivity contribution >= 4 is 17.4 Å². The highest BCUT2D eigenvalue weighted by molar-refractivity contribution is 6.31. The molecule has 16 heavy (non-hydrogen) atoms. The number of rotatable bonds is 5. The van der Waals surface area contributed by atoms with Crippen molar-refractivity contribution in [2.24, 2.45) is 5.92 Å². The molecule has 0 saturated carbocycles. The van der Waals surface area contributed by atoms with Crippen molar-refractivity contribution in [2.45, 2.75) is 26.7 Å². The number of carbonyl (C=O) groups excluding carboxylic acids is 1. The zero-order chi connectivity index (χ0) is 12.1. The third-order valence-electron chi connectivity index (χ3n) is 2.60. The monoisotopic (exact) mass is 240 g/mol. The molecular formula is C13H17ClO2. The molecule has 1 unspecified atom stereocenters. The fourth-order valence-corrected chi connectivity index (χ4v) is 1.87. The maximum Gasteiger partial charge on any atom is 0.169 e. The Balaban J connectivity index is 3.01. The van der Waals surface area contributed by atoms with E-state index in [9.17, 15) is 4.79 Å². The summed E-state index contributed by atoms with van der Waals surface area (Å²) in [4.78, 5) is 12.1. The summed E-state index contributed by atoms with van der Waals surface area (Å²) in [6, 6.07) is 5.13. The van der Waals surface area contributed by atoms with Crippen molar-refractivity contribution < 1.29 is 9.53 Å². The second-order valence-corrected chi connectivity index (χ2v) is 4.34. The molecule has 0 aliphatic carbocycles. The molecule has 0 N–H and O–H groups in total. The number of hydrogen-bond acceptors (Lipinski definition) is 2. The van der Waals surface area contributed by atoms with Gasteiger partial charge in [-0.15, -0.1) is 0 Å². The number of Topliss-reactive ketones (excluding diaryl/α,β-unsaturated/α-hetero) is 1. The first-order valence-electron chi connectivity index (χ1n) is 5.47. The molecule has 0 fully saturated rings. The van der Waals surface area contributed by atoms with Crippen LogP contribution in [-0.4, -0.2) is 12.9 Å². The average molecular weight is 241 g/mol. The minimum Gasteiger partial charge on any atom is -0.496 e. The van der Waals surface area contributed by atoms with Crippen LogP contribution in [0.15, 0.2) is 18.2 Å². The molecule has 0 spiro atoms. The fraction of sp³-hybridized carbons (Fsp3) is 0.462. The lowest BCUT2D eigenvalue weighted by Gasteiger charge is -2.12. The Bertz CT molecular complexity index is 374. The Kier molecular flexibility index (Phi) is 4.81. The van der Waals surface area contributed by atoms with E-state index < -0.39 is 0 Å². The molecule has 88 valence electrons. The SMILES string of the molecule is CCCC(C)C(=O)c1cc(Cl)ccc1OC.